The number of carbonyl (C=O) groups excluding carboxylic acids is 4. The third kappa shape index (κ3) is 2.09. The second kappa shape index (κ2) is 5.74. The number of hydrogen-bond acceptors (Lipinski definition) is 4. The van der Waals surface area contributed by atoms with Gasteiger partial charge in [0, 0.05) is 39.1 Å². The van der Waals surface area contributed by atoms with E-state index in [1.807, 2.05) is 0 Å². The van der Waals surface area contributed by atoms with E-state index in [0.717, 1.165) is 25.7 Å². The summed E-state index contributed by atoms with van der Waals surface area (Å²) >= 11 is 0. The van der Waals surface area contributed by atoms with Crippen LogP contribution in [0.3, 0.4) is 0 Å². The molecule has 0 radical (unpaired) electrons. The van der Waals surface area contributed by atoms with Crippen LogP contribution < -0.4 is 0 Å². The molecule has 2 aromatic carbocycles. The maximum Gasteiger partial charge on any atom is 0.261 e. The molecule has 0 atom stereocenters. The average molecular weight is 628 g/mol. The smallest absolute Gasteiger partial charge is 0.261 e. The van der Waals surface area contributed by atoms with Gasteiger partial charge in [0.05, 0.1) is 11.8 Å². The van der Waals surface area contributed by atoms with Crippen molar-refractivity contribution in [2.75, 3.05) is 0 Å². The number of carbonyl (C=O) groups is 4. The summed E-state index contributed by atoms with van der Waals surface area (Å²) in [4.78, 5) is 52.1. The van der Waals surface area contributed by atoms with Crippen LogP contribution in [0, 0.1) is 5.92 Å². The molecule has 5 rings (SSSR count). The van der Waals surface area contributed by atoms with Gasteiger partial charge in [-0.3, -0.25) is 14.5 Å². The van der Waals surface area contributed by atoms with Gasteiger partial charge in [0.1, 0.15) is 0 Å². The second-order valence-corrected chi connectivity index (χ2v) is 7.69. The summed E-state index contributed by atoms with van der Waals surface area (Å²) in [7, 11) is 0. The van der Waals surface area contributed by atoms with Gasteiger partial charge in [0.25, 0.3) is 11.8 Å². The summed E-state index contributed by atoms with van der Waals surface area (Å²) in [6.07, 6.45) is 3.60. The van der Waals surface area contributed by atoms with E-state index >= 15 is 0 Å². The molecule has 2 aromatic rings. The molecule has 0 N–H and O–H groups in total. The summed E-state index contributed by atoms with van der Waals surface area (Å²) in [5, 5.41) is 4.32. The quantitative estimate of drug-likeness (QED) is 0.452. The zero-order valence-electron chi connectivity index (χ0n) is 15.5. The summed E-state index contributed by atoms with van der Waals surface area (Å²) < 4.78 is 0. The molecule has 4 amide bonds. The zero-order valence-corrected chi connectivity index (χ0v) is 21.9. The van der Waals surface area contributed by atoms with E-state index in [1.54, 1.807) is 12.1 Å². The Bertz CT molecular complexity index is 1000. The predicted molar refractivity (Wildman–Crippen MR) is 97.9 cm³/mol. The van der Waals surface area contributed by atoms with Crippen LogP contribution in [0.5, 0.6) is 0 Å². The first-order chi connectivity index (χ1) is 13.0. The van der Waals surface area contributed by atoms with Crippen LogP contribution in [0.2, 0.25) is 0 Å². The van der Waals surface area contributed by atoms with Gasteiger partial charge >= 0.3 is 0 Å². The second-order valence-electron chi connectivity index (χ2n) is 7.69. The maximum atomic E-state index is 13.2. The van der Waals surface area contributed by atoms with Crippen LogP contribution >= 0.6 is 0 Å². The molecule has 2 aliphatic heterocycles. The van der Waals surface area contributed by atoms with Gasteiger partial charge in [-0.2, -0.15) is 0 Å². The first kappa shape index (κ1) is 17.4. The van der Waals surface area contributed by atoms with Gasteiger partial charge in [-0.05, 0) is 43.7 Å². The molecule has 0 aromatic heterocycles. The van der Waals surface area contributed by atoms with Gasteiger partial charge in [-0.25, -0.2) is 0 Å². The number of nitrogens with zero attached hydrogens (tertiary/aromatic N) is 2. The summed E-state index contributed by atoms with van der Waals surface area (Å²) in [6.45, 7) is 2.19. The number of hydrogen-bond donors (Lipinski definition) is 0. The fourth-order valence-electron chi connectivity index (χ4n) is 4.61. The minimum absolute atomic E-state index is 0. The van der Waals surface area contributed by atoms with Crippen LogP contribution in [0.15, 0.2) is 24.3 Å². The molecule has 0 bridgehead atoms. The van der Waals surface area contributed by atoms with Crippen molar-refractivity contribution in [3.05, 3.63) is 51.8 Å². The normalized spacial score (nSPS) is 23.5. The van der Waals surface area contributed by atoms with Crippen molar-refractivity contribution in [1.82, 2.24) is 4.90 Å². The number of rotatable bonds is 1. The van der Waals surface area contributed by atoms with Crippen LogP contribution in [0.1, 0.15) is 74.0 Å². The van der Waals surface area contributed by atoms with E-state index in [9.17, 15) is 19.2 Å². The first-order valence-electron chi connectivity index (χ1n) is 9.25. The molecular formula is C21H17N2O4Rf-. The largest absolute Gasteiger partial charge is 0.587 e. The first-order valence-corrected chi connectivity index (χ1v) is 9.25. The topological polar surface area (TPSA) is 85.6 Å². The predicted octanol–water partition coefficient (Wildman–Crippen LogP) is 3.68. The van der Waals surface area contributed by atoms with E-state index in [0.29, 0.717) is 27.8 Å². The Labute approximate surface area is 155 Å². The van der Waals surface area contributed by atoms with E-state index in [-0.39, 0.29) is 29.0 Å². The van der Waals surface area contributed by atoms with Crippen molar-refractivity contribution in [2.45, 2.75) is 38.6 Å². The minimum atomic E-state index is -0.625. The van der Waals surface area contributed by atoms with E-state index in [2.05, 4.69) is 12.2 Å². The molecule has 1 fully saturated rings. The third-order valence-corrected chi connectivity index (χ3v) is 6.07. The summed E-state index contributed by atoms with van der Waals surface area (Å²) in [5.41, 5.74) is 1.30. The van der Waals surface area contributed by atoms with Gasteiger partial charge in [0.15, 0.2) is 0 Å². The van der Waals surface area contributed by atoms with Gasteiger partial charge in [-0.1, -0.05) is 19.1 Å². The van der Waals surface area contributed by atoms with Gasteiger partial charge < -0.3 is 14.9 Å². The number of imide groups is 2. The monoisotopic (exact) mass is 628 g/mol. The van der Waals surface area contributed by atoms with Crippen molar-refractivity contribution in [3.8, 4) is 0 Å². The molecule has 3 aliphatic rings. The Morgan fingerprint density at radius 2 is 1.18 bits per heavy atom. The molecule has 7 heteroatoms. The molecule has 0 spiro atoms. The van der Waals surface area contributed by atoms with Crippen LogP contribution in [-0.2, 0) is 0 Å². The Morgan fingerprint density at radius 3 is 1.68 bits per heavy atom. The van der Waals surface area contributed by atoms with Crippen molar-refractivity contribution in [1.29, 1.82) is 0 Å². The van der Waals surface area contributed by atoms with E-state index in [4.69, 9.17) is 0 Å². The molecule has 1 aliphatic carbocycles. The molecule has 6 nitrogen and oxygen atoms in total. The minimum Gasteiger partial charge on any atom is -0.587 e. The van der Waals surface area contributed by atoms with Crippen molar-refractivity contribution >= 4 is 34.4 Å². The van der Waals surface area contributed by atoms with Crippen LogP contribution in [-0.4, -0.2) is 34.6 Å². The van der Waals surface area contributed by atoms with Gasteiger partial charge in [-0.15, -0.1) is 0 Å². The molecule has 138 valence electrons. The van der Waals surface area contributed by atoms with Crippen molar-refractivity contribution in [3.63, 3.8) is 0 Å². The Morgan fingerprint density at radius 1 is 0.750 bits per heavy atom. The standard InChI is InChI=1S/C21H18N2O4.Rf/c1-10-2-4-11(5-3-10)23-20(26)14-8-6-12-16-13(19(25)22-18(12)24)7-9-15(17(14)16)21(23)27;/h6-11H,2-5H2,1H3,(H,22,24,25);/p-1. The molecule has 2 heterocycles. The Hall–Kier alpha value is -4.02. The Kier molecular flexibility index (Phi) is 3.57. The summed E-state index contributed by atoms with van der Waals surface area (Å²) in [6, 6.07) is 6.15. The fraction of sp³-hybridized carbons (Fsp3) is 0.333. The average Bonchev–Trinajstić information content (AvgIpc) is 2.66. The van der Waals surface area contributed by atoms with E-state index in [1.165, 1.54) is 17.0 Å². The van der Waals surface area contributed by atoms with Crippen LogP contribution in [0.25, 0.3) is 16.1 Å². The zero-order chi connectivity index (χ0) is 18.9. The molecule has 28 heavy (non-hydrogen) atoms. The number of benzene rings is 2. The fourth-order valence-corrected chi connectivity index (χ4v) is 4.61. The van der Waals surface area contributed by atoms with E-state index < -0.39 is 11.8 Å². The van der Waals surface area contributed by atoms with Crippen LogP contribution in [0.4, 0.5) is 0 Å². The van der Waals surface area contributed by atoms with Crippen molar-refractivity contribution < 1.29 is 19.2 Å². The molecule has 1 saturated carbocycles. The third-order valence-electron chi connectivity index (χ3n) is 6.07. The summed E-state index contributed by atoms with van der Waals surface area (Å²) in [5.74, 6) is -1.31. The maximum absolute atomic E-state index is 13.2. The Balaban J connectivity index is 0.00000192. The molecular weight excluding hydrogens is 611 g/mol. The van der Waals surface area contributed by atoms with Crippen molar-refractivity contribution in [2.24, 2.45) is 5.92 Å². The van der Waals surface area contributed by atoms with Gasteiger partial charge in [0.2, 0.25) is 0 Å². The molecule has 0 saturated heterocycles. The SMILES string of the molecule is CC1CCC(N2C(=O)c3ccc4c5c(ccc(c35)C2=O)C(=O)[N-]C4=O)CC1.[Rf]. The molecule has 0 unspecified atom stereocenters. The number of amides is 4.